The van der Waals surface area contributed by atoms with Gasteiger partial charge in [0.05, 0.1) is 31.0 Å². The number of pyridine rings is 1. The van der Waals surface area contributed by atoms with Gasteiger partial charge in [-0.1, -0.05) is 68.4 Å². The number of rotatable bonds is 14. The van der Waals surface area contributed by atoms with E-state index < -0.39 is 5.97 Å². The number of aromatic nitrogens is 1. The number of nitrogens with one attached hydrogen (secondary N) is 3. The lowest BCUT2D eigenvalue weighted by Gasteiger charge is -2.16. The van der Waals surface area contributed by atoms with Crippen molar-refractivity contribution in [2.75, 3.05) is 18.5 Å². The second-order valence-corrected chi connectivity index (χ2v) is 10.2. The Kier molecular flexibility index (Phi) is 10.9. The Hall–Kier alpha value is -4.82. The van der Waals surface area contributed by atoms with Crippen molar-refractivity contribution in [2.24, 2.45) is 5.92 Å². The summed E-state index contributed by atoms with van der Waals surface area (Å²) < 4.78 is 11.1. The van der Waals surface area contributed by atoms with Crippen molar-refractivity contribution >= 4 is 23.8 Å². The molecule has 0 atom stereocenters. The fraction of sp³-hybridized carbons (Fsp3) is 0.235. The maximum atomic E-state index is 13.5. The van der Waals surface area contributed by atoms with Crippen molar-refractivity contribution in [3.8, 4) is 11.1 Å². The zero-order chi connectivity index (χ0) is 29.7. The van der Waals surface area contributed by atoms with E-state index in [1.165, 1.54) is 6.21 Å². The highest BCUT2D eigenvalue weighted by Gasteiger charge is 2.20. The number of carbonyl (C=O) groups excluding carboxylic acids is 2. The average Bonchev–Trinajstić information content (AvgIpc) is 3.02. The van der Waals surface area contributed by atoms with Gasteiger partial charge in [-0.05, 0) is 52.9 Å². The molecule has 0 saturated carbocycles. The molecule has 216 valence electrons. The molecule has 0 fully saturated rings. The van der Waals surface area contributed by atoms with E-state index >= 15 is 0 Å². The summed E-state index contributed by atoms with van der Waals surface area (Å²) in [4.78, 5) is 30.9. The third-order valence-electron chi connectivity index (χ3n) is 6.45. The van der Waals surface area contributed by atoms with Crippen LogP contribution in [0.25, 0.3) is 11.1 Å². The van der Waals surface area contributed by atoms with Gasteiger partial charge in [0.2, 0.25) is 0 Å². The lowest BCUT2D eigenvalue weighted by Crippen LogP contribution is -2.27. The smallest absolute Gasteiger partial charge is 0.339 e. The maximum absolute atomic E-state index is 13.5. The van der Waals surface area contributed by atoms with E-state index in [0.717, 1.165) is 28.1 Å². The number of carbonyl (C=O) groups is 2. The molecule has 1 amide bonds. The number of anilines is 1. The number of benzene rings is 3. The minimum Gasteiger partial charge on any atom is -0.457 e. The Morgan fingerprint density at radius 3 is 2.40 bits per heavy atom. The monoisotopic (exact) mass is 564 g/mol. The summed E-state index contributed by atoms with van der Waals surface area (Å²) in [5.41, 5.74) is 5.62. The van der Waals surface area contributed by atoms with E-state index in [1.54, 1.807) is 24.4 Å². The number of ether oxygens (including phenoxy) is 2. The molecule has 8 nitrogen and oxygen atoms in total. The normalized spacial score (nSPS) is 10.7. The van der Waals surface area contributed by atoms with Crippen LogP contribution in [0.1, 0.15) is 51.4 Å². The molecule has 3 N–H and O–H groups in total. The quantitative estimate of drug-likeness (QED) is 0.0945. The van der Waals surface area contributed by atoms with Crippen LogP contribution < -0.4 is 10.6 Å². The fourth-order valence-corrected chi connectivity index (χ4v) is 4.25. The molecule has 0 spiro atoms. The molecule has 1 heterocycles. The second kappa shape index (κ2) is 15.3. The van der Waals surface area contributed by atoms with E-state index in [2.05, 4.69) is 15.6 Å². The van der Waals surface area contributed by atoms with Crippen molar-refractivity contribution in [3.63, 3.8) is 0 Å². The van der Waals surface area contributed by atoms with E-state index in [0.29, 0.717) is 42.3 Å². The Morgan fingerprint density at radius 1 is 0.905 bits per heavy atom. The molecule has 4 aromatic rings. The summed E-state index contributed by atoms with van der Waals surface area (Å²) in [6.45, 7) is 5.84. The van der Waals surface area contributed by atoms with Crippen LogP contribution in [0, 0.1) is 11.3 Å². The third kappa shape index (κ3) is 8.59. The molecule has 42 heavy (non-hydrogen) atoms. The summed E-state index contributed by atoms with van der Waals surface area (Å²) in [6, 6.07) is 26.2. The minimum absolute atomic E-state index is 0.118. The number of nitrogens with zero attached hydrogens (tertiary/aromatic N) is 1. The van der Waals surface area contributed by atoms with Gasteiger partial charge in [-0.3, -0.25) is 9.78 Å². The Labute approximate surface area is 246 Å². The summed E-state index contributed by atoms with van der Waals surface area (Å²) in [6.07, 6.45) is 2.94. The Morgan fingerprint density at radius 2 is 1.67 bits per heavy atom. The molecule has 3 aromatic carbocycles. The first-order valence-electron chi connectivity index (χ1n) is 13.9. The predicted molar refractivity (Wildman–Crippen MR) is 165 cm³/mol. The fourth-order valence-electron chi connectivity index (χ4n) is 4.25. The topological polar surface area (TPSA) is 113 Å². The molecule has 0 aliphatic carbocycles. The molecule has 0 bridgehead atoms. The maximum Gasteiger partial charge on any atom is 0.339 e. The summed E-state index contributed by atoms with van der Waals surface area (Å²) in [5.74, 6) is -0.464. The molecule has 0 radical (unpaired) electrons. The van der Waals surface area contributed by atoms with Crippen molar-refractivity contribution in [1.82, 2.24) is 10.3 Å². The standard InChI is InChI=1S/C34H36N4O4/c1-24(2)20-38-33(39)27-12-15-29(31(19-27)34(40)42-23-25-7-4-3-5-8-25)30-9-6-17-36-32(30)21-37-28-13-10-26(11-14-28)22-41-18-16-35/h3-17,19,24,35,37H,18,20-23H2,1-2H3,(H,38,39). The van der Waals surface area contributed by atoms with E-state index in [1.807, 2.05) is 80.6 Å². The van der Waals surface area contributed by atoms with Crippen molar-refractivity contribution in [3.05, 3.63) is 119 Å². The van der Waals surface area contributed by atoms with Gasteiger partial charge in [-0.2, -0.15) is 0 Å². The van der Waals surface area contributed by atoms with Crippen molar-refractivity contribution < 1.29 is 19.1 Å². The van der Waals surface area contributed by atoms with Crippen LogP contribution in [0.3, 0.4) is 0 Å². The van der Waals surface area contributed by atoms with Crippen LogP contribution in [0.2, 0.25) is 0 Å². The van der Waals surface area contributed by atoms with Crippen LogP contribution in [-0.4, -0.2) is 36.2 Å². The molecule has 4 rings (SSSR count). The molecular weight excluding hydrogens is 528 g/mol. The lowest BCUT2D eigenvalue weighted by atomic mass is 9.95. The van der Waals surface area contributed by atoms with Gasteiger partial charge in [0.15, 0.2) is 0 Å². The van der Waals surface area contributed by atoms with Gasteiger partial charge in [-0.25, -0.2) is 4.79 Å². The third-order valence-corrected chi connectivity index (χ3v) is 6.45. The summed E-state index contributed by atoms with van der Waals surface area (Å²) in [5, 5.41) is 13.4. The van der Waals surface area contributed by atoms with Crippen LogP contribution in [0.15, 0.2) is 91.1 Å². The van der Waals surface area contributed by atoms with E-state index in [9.17, 15) is 9.59 Å². The zero-order valence-electron chi connectivity index (χ0n) is 23.9. The van der Waals surface area contributed by atoms with Crippen LogP contribution in [0.5, 0.6) is 0 Å². The highest BCUT2D eigenvalue weighted by atomic mass is 16.5. The lowest BCUT2D eigenvalue weighted by molar-refractivity contribution is 0.0473. The van der Waals surface area contributed by atoms with Crippen LogP contribution >= 0.6 is 0 Å². The number of hydrogen-bond donors (Lipinski definition) is 3. The highest BCUT2D eigenvalue weighted by molar-refractivity contribution is 6.02. The van der Waals surface area contributed by atoms with Crippen molar-refractivity contribution in [1.29, 1.82) is 5.41 Å². The number of amides is 1. The number of esters is 1. The van der Waals surface area contributed by atoms with Crippen LogP contribution in [-0.2, 0) is 29.2 Å². The van der Waals surface area contributed by atoms with Gasteiger partial charge in [0, 0.05) is 35.8 Å². The first-order valence-corrected chi connectivity index (χ1v) is 13.9. The van der Waals surface area contributed by atoms with Crippen LogP contribution in [0.4, 0.5) is 5.69 Å². The molecular formula is C34H36N4O4. The molecule has 0 aliphatic rings. The van der Waals surface area contributed by atoms with Gasteiger partial charge >= 0.3 is 5.97 Å². The SMILES string of the molecule is CC(C)CNC(=O)c1ccc(-c2cccnc2CNc2ccc(COCC=N)cc2)c(C(=O)OCc2ccccc2)c1. The van der Waals surface area contributed by atoms with Gasteiger partial charge in [0.1, 0.15) is 6.61 Å². The van der Waals surface area contributed by atoms with Gasteiger partial charge in [-0.15, -0.1) is 0 Å². The van der Waals surface area contributed by atoms with E-state index in [-0.39, 0.29) is 19.1 Å². The van der Waals surface area contributed by atoms with E-state index in [4.69, 9.17) is 14.9 Å². The first-order chi connectivity index (χ1) is 20.4. The molecule has 0 aliphatic heterocycles. The zero-order valence-corrected chi connectivity index (χ0v) is 23.9. The highest BCUT2D eigenvalue weighted by Crippen LogP contribution is 2.29. The summed E-state index contributed by atoms with van der Waals surface area (Å²) in [7, 11) is 0. The molecule has 1 aromatic heterocycles. The molecule has 0 saturated heterocycles. The van der Waals surface area contributed by atoms with Gasteiger partial charge in [0.25, 0.3) is 5.91 Å². The first kappa shape index (κ1) is 30.1. The van der Waals surface area contributed by atoms with Gasteiger partial charge < -0.3 is 25.5 Å². The average molecular weight is 565 g/mol. The second-order valence-electron chi connectivity index (χ2n) is 10.2. The minimum atomic E-state index is -0.518. The predicted octanol–water partition coefficient (Wildman–Crippen LogP) is 6.27. The largest absolute Gasteiger partial charge is 0.457 e. The van der Waals surface area contributed by atoms with Crippen molar-refractivity contribution in [2.45, 2.75) is 33.6 Å². The Bertz CT molecular complexity index is 1490. The molecule has 0 unspecified atom stereocenters. The number of hydrogen-bond acceptors (Lipinski definition) is 7. The molecule has 8 heteroatoms. The Balaban J connectivity index is 1.58. The summed E-state index contributed by atoms with van der Waals surface area (Å²) >= 11 is 0.